The Labute approximate surface area is 125 Å². The van der Waals surface area contributed by atoms with Crippen LogP contribution in [-0.2, 0) is 10.4 Å². The highest BCUT2D eigenvalue weighted by Gasteiger charge is 2.40. The lowest BCUT2D eigenvalue weighted by Gasteiger charge is -2.34. The van der Waals surface area contributed by atoms with Gasteiger partial charge in [-0.15, -0.1) is 13.2 Å². The normalized spacial score (nSPS) is 17.9. The number of carbonyl (C=O) groups is 1. The monoisotopic (exact) mass is 318 g/mol. The third-order valence-electron chi connectivity index (χ3n) is 3.61. The highest BCUT2D eigenvalue weighted by Crippen LogP contribution is 2.46. The molecule has 0 atom stereocenters. The smallest absolute Gasteiger partial charge is 0.426 e. The zero-order chi connectivity index (χ0) is 16.4. The van der Waals surface area contributed by atoms with E-state index >= 15 is 0 Å². The van der Waals surface area contributed by atoms with Crippen LogP contribution in [0.15, 0.2) is 18.2 Å². The molecule has 1 aliphatic rings. The maximum atomic E-state index is 12.6. The lowest BCUT2D eigenvalue weighted by molar-refractivity contribution is -0.275. The van der Waals surface area contributed by atoms with Crippen LogP contribution >= 0.6 is 0 Å². The van der Waals surface area contributed by atoms with Crippen molar-refractivity contribution in [3.05, 3.63) is 23.8 Å². The first kappa shape index (κ1) is 16.6. The van der Waals surface area contributed by atoms with Gasteiger partial charge in [0.2, 0.25) is 0 Å². The maximum Gasteiger partial charge on any atom is 0.573 e. The van der Waals surface area contributed by atoms with Crippen molar-refractivity contribution in [1.82, 2.24) is 0 Å². The second-order valence-electron chi connectivity index (χ2n) is 5.36. The van der Waals surface area contributed by atoms with E-state index in [2.05, 4.69) is 4.74 Å². The Hall–Kier alpha value is -1.76. The molecule has 0 heterocycles. The van der Waals surface area contributed by atoms with Crippen LogP contribution in [0.3, 0.4) is 0 Å². The lowest BCUT2D eigenvalue weighted by atomic mass is 9.79. The van der Waals surface area contributed by atoms with Gasteiger partial charge in [-0.1, -0.05) is 25.3 Å². The Bertz CT molecular complexity index is 548. The molecular weight excluding hydrogens is 301 g/mol. The van der Waals surface area contributed by atoms with Gasteiger partial charge in [0.15, 0.2) is 0 Å². The molecule has 1 N–H and O–H groups in total. The predicted octanol–water partition coefficient (Wildman–Crippen LogP) is 3.66. The molecule has 0 amide bonds. The summed E-state index contributed by atoms with van der Waals surface area (Å²) >= 11 is 0. The number of ether oxygens (including phenoxy) is 2. The molecule has 1 aromatic carbocycles. The van der Waals surface area contributed by atoms with Crippen molar-refractivity contribution in [2.45, 2.75) is 51.0 Å². The SMILES string of the molecule is CC(=O)Oc1cccc(OC(F)(F)F)c1C1(O)CCCCC1. The van der Waals surface area contributed by atoms with Gasteiger partial charge < -0.3 is 14.6 Å². The van der Waals surface area contributed by atoms with E-state index in [9.17, 15) is 23.1 Å². The average Bonchev–Trinajstić information content (AvgIpc) is 2.36. The molecule has 4 nitrogen and oxygen atoms in total. The predicted molar refractivity (Wildman–Crippen MR) is 71.4 cm³/mol. The molecule has 122 valence electrons. The molecular formula is C15H17F3O4. The largest absolute Gasteiger partial charge is 0.573 e. The number of rotatable bonds is 3. The standard InChI is InChI=1S/C15H17F3O4/c1-10(19)21-11-6-5-7-12(22-15(16,17)18)13(11)14(20)8-3-2-4-9-14/h5-7,20H,2-4,8-9H2,1H3. The van der Waals surface area contributed by atoms with Gasteiger partial charge in [-0.25, -0.2) is 0 Å². The molecule has 1 saturated carbocycles. The molecule has 0 bridgehead atoms. The molecule has 7 heteroatoms. The molecule has 0 aliphatic heterocycles. The summed E-state index contributed by atoms with van der Waals surface area (Å²) in [6.45, 7) is 1.14. The number of esters is 1. The quantitative estimate of drug-likeness (QED) is 0.682. The van der Waals surface area contributed by atoms with Crippen LogP contribution < -0.4 is 9.47 Å². The topological polar surface area (TPSA) is 55.8 Å². The number of hydrogen-bond acceptors (Lipinski definition) is 4. The first-order valence-corrected chi connectivity index (χ1v) is 7.01. The van der Waals surface area contributed by atoms with Crippen LogP contribution in [0.2, 0.25) is 0 Å². The van der Waals surface area contributed by atoms with Gasteiger partial charge in [-0.05, 0) is 25.0 Å². The van der Waals surface area contributed by atoms with Crippen molar-refractivity contribution in [3.8, 4) is 11.5 Å². The number of carbonyl (C=O) groups excluding carboxylic acids is 1. The van der Waals surface area contributed by atoms with Gasteiger partial charge in [0.1, 0.15) is 11.5 Å². The van der Waals surface area contributed by atoms with Crippen molar-refractivity contribution in [2.24, 2.45) is 0 Å². The second-order valence-corrected chi connectivity index (χ2v) is 5.36. The van der Waals surface area contributed by atoms with Gasteiger partial charge in [0, 0.05) is 6.92 Å². The third-order valence-corrected chi connectivity index (χ3v) is 3.61. The summed E-state index contributed by atoms with van der Waals surface area (Å²) in [6, 6.07) is 3.75. The molecule has 2 rings (SSSR count). The van der Waals surface area contributed by atoms with E-state index in [4.69, 9.17) is 4.74 Å². The highest BCUT2D eigenvalue weighted by atomic mass is 19.4. The van der Waals surface area contributed by atoms with E-state index in [0.717, 1.165) is 19.4 Å². The number of benzene rings is 1. The molecule has 0 saturated heterocycles. The van der Waals surface area contributed by atoms with Gasteiger partial charge in [0.25, 0.3) is 0 Å². The number of hydrogen-bond donors (Lipinski definition) is 1. The van der Waals surface area contributed by atoms with E-state index in [1.54, 1.807) is 0 Å². The minimum atomic E-state index is -4.89. The summed E-state index contributed by atoms with van der Waals surface area (Å²) < 4.78 is 46.8. The fourth-order valence-corrected chi connectivity index (χ4v) is 2.81. The average molecular weight is 318 g/mol. The zero-order valence-corrected chi connectivity index (χ0v) is 12.1. The Kier molecular flexibility index (Phi) is 4.65. The summed E-state index contributed by atoms with van der Waals surface area (Å²) in [7, 11) is 0. The molecule has 1 aliphatic carbocycles. The van der Waals surface area contributed by atoms with E-state index in [0.29, 0.717) is 25.7 Å². The lowest BCUT2D eigenvalue weighted by Crippen LogP contribution is -2.31. The third kappa shape index (κ3) is 3.91. The van der Waals surface area contributed by atoms with Gasteiger partial charge in [-0.3, -0.25) is 4.79 Å². The molecule has 0 unspecified atom stereocenters. The Morgan fingerprint density at radius 3 is 2.32 bits per heavy atom. The van der Waals surface area contributed by atoms with Crippen molar-refractivity contribution in [1.29, 1.82) is 0 Å². The number of halogens is 3. The molecule has 0 aromatic heterocycles. The van der Waals surface area contributed by atoms with Crippen LogP contribution in [0, 0.1) is 0 Å². The van der Waals surface area contributed by atoms with E-state index < -0.39 is 23.7 Å². The van der Waals surface area contributed by atoms with Crippen LogP contribution in [0.5, 0.6) is 11.5 Å². The van der Waals surface area contributed by atoms with E-state index in [1.165, 1.54) is 12.1 Å². The molecule has 0 radical (unpaired) electrons. The Morgan fingerprint density at radius 1 is 1.18 bits per heavy atom. The first-order chi connectivity index (χ1) is 10.2. The van der Waals surface area contributed by atoms with Gasteiger partial charge in [-0.2, -0.15) is 0 Å². The second kappa shape index (κ2) is 6.16. The van der Waals surface area contributed by atoms with Gasteiger partial charge in [0.05, 0.1) is 11.2 Å². The molecule has 1 fully saturated rings. The summed E-state index contributed by atoms with van der Waals surface area (Å²) in [5, 5.41) is 10.8. The maximum absolute atomic E-state index is 12.6. The van der Waals surface area contributed by atoms with Crippen LogP contribution in [0.4, 0.5) is 13.2 Å². The van der Waals surface area contributed by atoms with Crippen LogP contribution in [0.25, 0.3) is 0 Å². The van der Waals surface area contributed by atoms with Crippen molar-refractivity contribution in [3.63, 3.8) is 0 Å². The van der Waals surface area contributed by atoms with E-state index in [1.807, 2.05) is 0 Å². The number of aliphatic hydroxyl groups is 1. The fraction of sp³-hybridized carbons (Fsp3) is 0.533. The van der Waals surface area contributed by atoms with Crippen molar-refractivity contribution < 1.29 is 32.5 Å². The van der Waals surface area contributed by atoms with Gasteiger partial charge >= 0.3 is 12.3 Å². The fourth-order valence-electron chi connectivity index (χ4n) is 2.81. The summed E-state index contributed by atoms with van der Waals surface area (Å²) in [5.74, 6) is -1.31. The first-order valence-electron chi connectivity index (χ1n) is 7.01. The molecule has 1 aromatic rings. The highest BCUT2D eigenvalue weighted by molar-refractivity contribution is 5.70. The van der Waals surface area contributed by atoms with Crippen molar-refractivity contribution >= 4 is 5.97 Å². The summed E-state index contributed by atoms with van der Waals surface area (Å²) in [4.78, 5) is 11.2. The molecule has 0 spiro atoms. The minimum absolute atomic E-state index is 0.0985. The van der Waals surface area contributed by atoms with Crippen molar-refractivity contribution in [2.75, 3.05) is 0 Å². The van der Waals surface area contributed by atoms with Crippen LogP contribution in [-0.4, -0.2) is 17.4 Å². The zero-order valence-electron chi connectivity index (χ0n) is 12.1. The molecule has 22 heavy (non-hydrogen) atoms. The minimum Gasteiger partial charge on any atom is -0.426 e. The van der Waals surface area contributed by atoms with Crippen LogP contribution in [0.1, 0.15) is 44.6 Å². The van der Waals surface area contributed by atoms with E-state index in [-0.39, 0.29) is 11.3 Å². The summed E-state index contributed by atoms with van der Waals surface area (Å²) in [5.41, 5.74) is -1.60. The Morgan fingerprint density at radius 2 is 1.77 bits per heavy atom. The number of alkyl halides is 3. The summed E-state index contributed by atoms with van der Waals surface area (Å²) in [6.07, 6.45) is -2.06. The Balaban J connectivity index is 2.51.